The van der Waals surface area contributed by atoms with Gasteiger partial charge >= 0.3 is 6.03 Å². The normalized spacial score (nSPS) is 10.7. The summed E-state index contributed by atoms with van der Waals surface area (Å²) in [7, 11) is 0. The van der Waals surface area contributed by atoms with Crippen molar-refractivity contribution in [3.63, 3.8) is 0 Å². The van der Waals surface area contributed by atoms with Crippen LogP contribution in [0.5, 0.6) is 0 Å². The predicted octanol–water partition coefficient (Wildman–Crippen LogP) is 3.23. The van der Waals surface area contributed by atoms with E-state index in [-0.39, 0.29) is 30.8 Å². The fourth-order valence-corrected chi connectivity index (χ4v) is 4.28. The molecule has 0 saturated heterocycles. The summed E-state index contributed by atoms with van der Waals surface area (Å²) >= 11 is 0. The molecule has 4 aromatic rings. The fourth-order valence-electron chi connectivity index (χ4n) is 4.28. The number of nitrogens with one attached hydrogen (secondary N) is 5. The Labute approximate surface area is 249 Å². The Hall–Kier alpha value is -5.65. The lowest BCUT2D eigenvalue weighted by molar-refractivity contribution is -0.121. The summed E-state index contributed by atoms with van der Waals surface area (Å²) in [6.07, 6.45) is 1.49. The molecular weight excluding hydrogens is 546 g/mol. The Morgan fingerprint density at radius 1 is 0.953 bits per heavy atom. The Kier molecular flexibility index (Phi) is 9.74. The van der Waals surface area contributed by atoms with Crippen LogP contribution in [-0.4, -0.2) is 33.4 Å². The number of aromatic nitrogens is 2. The summed E-state index contributed by atoms with van der Waals surface area (Å²) in [5.41, 5.74) is 15.1. The Morgan fingerprint density at radius 3 is 2.30 bits per heavy atom. The number of rotatable bonds is 11. The minimum atomic E-state index is -0.482. The lowest BCUT2D eigenvalue weighted by Gasteiger charge is -2.17. The highest BCUT2D eigenvalue weighted by atomic mass is 16.2. The first-order valence-electron chi connectivity index (χ1n) is 13.6. The van der Waals surface area contributed by atoms with Gasteiger partial charge in [-0.3, -0.25) is 19.6 Å². The lowest BCUT2D eigenvalue weighted by Crippen LogP contribution is -2.35. The highest BCUT2D eigenvalue weighted by Crippen LogP contribution is 2.26. The number of nitrogen functional groups attached to an aromatic ring is 2. The molecular formula is C31H35N9O3. The van der Waals surface area contributed by atoms with Crippen LogP contribution in [0.3, 0.4) is 0 Å². The Morgan fingerprint density at radius 2 is 1.63 bits per heavy atom. The van der Waals surface area contributed by atoms with Gasteiger partial charge in [-0.1, -0.05) is 54.6 Å². The summed E-state index contributed by atoms with van der Waals surface area (Å²) in [5, 5.41) is 18.9. The molecule has 12 nitrogen and oxygen atoms in total. The monoisotopic (exact) mass is 581 g/mol. The molecule has 0 saturated carbocycles. The summed E-state index contributed by atoms with van der Waals surface area (Å²) < 4.78 is 1.32. The zero-order valence-corrected chi connectivity index (χ0v) is 24.0. The number of anilines is 3. The average Bonchev–Trinajstić information content (AvgIpc) is 2.97. The topological polar surface area (TPSA) is 193 Å². The van der Waals surface area contributed by atoms with Crippen LogP contribution in [0.15, 0.2) is 83.8 Å². The average molecular weight is 582 g/mol. The smallest absolute Gasteiger partial charge is 0.319 e. The number of carbonyl (C=O) groups is 2. The number of nitrogens with zero attached hydrogens (tertiary/aromatic N) is 2. The van der Waals surface area contributed by atoms with E-state index in [1.165, 1.54) is 10.8 Å². The van der Waals surface area contributed by atoms with Crippen LogP contribution in [0.4, 0.5) is 22.0 Å². The molecule has 222 valence electrons. The number of benzene rings is 3. The number of amidine groups is 1. The second kappa shape index (κ2) is 13.8. The van der Waals surface area contributed by atoms with Gasteiger partial charge in [0.05, 0.1) is 11.9 Å². The summed E-state index contributed by atoms with van der Waals surface area (Å²) in [4.78, 5) is 43.4. The first-order valence-corrected chi connectivity index (χ1v) is 13.6. The van der Waals surface area contributed by atoms with E-state index < -0.39 is 17.5 Å². The van der Waals surface area contributed by atoms with Crippen LogP contribution in [-0.2, 0) is 24.4 Å². The molecule has 0 spiro atoms. The summed E-state index contributed by atoms with van der Waals surface area (Å²) in [6.45, 7) is 4.02. The van der Waals surface area contributed by atoms with Crippen molar-refractivity contribution in [2.75, 3.05) is 16.4 Å². The summed E-state index contributed by atoms with van der Waals surface area (Å²) in [6, 6.07) is 20.8. The molecule has 9 N–H and O–H groups in total. The van der Waals surface area contributed by atoms with Gasteiger partial charge in [-0.05, 0) is 43.2 Å². The van der Waals surface area contributed by atoms with Gasteiger partial charge in [0.1, 0.15) is 12.4 Å². The van der Waals surface area contributed by atoms with Crippen molar-refractivity contribution in [3.05, 3.63) is 106 Å². The van der Waals surface area contributed by atoms with Crippen molar-refractivity contribution in [1.82, 2.24) is 20.2 Å². The molecule has 43 heavy (non-hydrogen) atoms. The molecule has 0 unspecified atom stereocenters. The van der Waals surface area contributed by atoms with Crippen LogP contribution < -0.4 is 38.3 Å². The molecule has 0 atom stereocenters. The molecule has 1 heterocycles. The number of amides is 3. The van der Waals surface area contributed by atoms with Crippen molar-refractivity contribution >= 4 is 35.0 Å². The molecule has 1 aromatic heterocycles. The van der Waals surface area contributed by atoms with E-state index in [1.54, 1.807) is 42.5 Å². The van der Waals surface area contributed by atoms with E-state index in [0.717, 1.165) is 11.1 Å². The van der Waals surface area contributed by atoms with Crippen LogP contribution in [0.2, 0.25) is 0 Å². The maximum absolute atomic E-state index is 13.5. The first kappa shape index (κ1) is 30.3. The van der Waals surface area contributed by atoms with Crippen LogP contribution in [0.1, 0.15) is 30.5 Å². The van der Waals surface area contributed by atoms with E-state index in [9.17, 15) is 14.4 Å². The van der Waals surface area contributed by atoms with E-state index in [2.05, 4.69) is 26.3 Å². The third-order valence-corrected chi connectivity index (χ3v) is 6.34. The predicted molar refractivity (Wildman–Crippen MR) is 169 cm³/mol. The van der Waals surface area contributed by atoms with Crippen molar-refractivity contribution in [1.29, 1.82) is 5.41 Å². The number of hydrogen-bond acceptors (Lipinski definition) is 7. The van der Waals surface area contributed by atoms with Crippen LogP contribution in [0, 0.1) is 5.41 Å². The van der Waals surface area contributed by atoms with Gasteiger partial charge in [0.15, 0.2) is 5.82 Å². The van der Waals surface area contributed by atoms with Crippen molar-refractivity contribution < 1.29 is 9.59 Å². The third kappa shape index (κ3) is 8.43. The highest BCUT2D eigenvalue weighted by molar-refractivity contribution is 5.95. The molecule has 3 amide bonds. The van der Waals surface area contributed by atoms with Gasteiger partial charge in [0, 0.05) is 41.6 Å². The second-order valence-corrected chi connectivity index (χ2v) is 10.2. The molecule has 4 rings (SSSR count). The lowest BCUT2D eigenvalue weighted by atomic mass is 10.1. The quantitative estimate of drug-likeness (QED) is 0.0802. The van der Waals surface area contributed by atoms with E-state index in [4.69, 9.17) is 16.9 Å². The van der Waals surface area contributed by atoms with E-state index >= 15 is 0 Å². The number of urea groups is 1. The van der Waals surface area contributed by atoms with E-state index in [0.29, 0.717) is 34.7 Å². The van der Waals surface area contributed by atoms with Gasteiger partial charge in [-0.2, -0.15) is 0 Å². The zero-order valence-electron chi connectivity index (χ0n) is 24.0. The fraction of sp³-hybridized carbons (Fsp3) is 0.194. The minimum Gasteiger partial charge on any atom is -0.399 e. The third-order valence-electron chi connectivity index (χ3n) is 6.34. The molecule has 0 aliphatic carbocycles. The standard InChI is InChI=1S/C31H35N9O3/c1-19(2)38-29-30(42)40(18-27(41)35-15-21-8-10-22(11-9-21)28(33)34)26(17-36-29)23-12-24(32)14-25(13-23)39-31(43)37-16-20-6-4-3-5-7-20/h3-14,17,19H,15-16,18,32H2,1-2H3,(H3,33,34)(H,35,41)(H,36,38)(H2,37,39,43). The van der Waals surface area contributed by atoms with Gasteiger partial charge in [-0.25, -0.2) is 9.78 Å². The van der Waals surface area contributed by atoms with Crippen molar-refractivity contribution in [3.8, 4) is 11.3 Å². The maximum Gasteiger partial charge on any atom is 0.319 e. The molecule has 0 aliphatic rings. The molecule has 12 heteroatoms. The summed E-state index contributed by atoms with van der Waals surface area (Å²) in [5.74, 6) is -0.337. The van der Waals surface area contributed by atoms with Crippen molar-refractivity contribution in [2.24, 2.45) is 5.73 Å². The highest BCUT2D eigenvalue weighted by Gasteiger charge is 2.17. The van der Waals surface area contributed by atoms with Crippen LogP contribution in [0.25, 0.3) is 11.3 Å². The minimum absolute atomic E-state index is 0.0429. The first-order chi connectivity index (χ1) is 20.6. The SMILES string of the molecule is CC(C)Nc1ncc(-c2cc(N)cc(NC(=O)NCc3ccccc3)c2)n(CC(=O)NCc2ccc(C(=N)N)cc2)c1=O. The van der Waals surface area contributed by atoms with Gasteiger partial charge in [0.25, 0.3) is 5.56 Å². The van der Waals surface area contributed by atoms with Gasteiger partial charge < -0.3 is 32.7 Å². The Balaban J connectivity index is 1.56. The number of hydrogen-bond donors (Lipinski definition) is 7. The molecule has 0 aliphatic heterocycles. The second-order valence-electron chi connectivity index (χ2n) is 10.2. The van der Waals surface area contributed by atoms with Gasteiger partial charge in [-0.15, -0.1) is 0 Å². The Bertz CT molecular complexity index is 1670. The molecule has 3 aromatic carbocycles. The number of carbonyl (C=O) groups excluding carboxylic acids is 2. The molecule has 0 bridgehead atoms. The number of nitrogens with two attached hydrogens (primary N) is 2. The van der Waals surface area contributed by atoms with Crippen molar-refractivity contribution in [2.45, 2.75) is 39.5 Å². The van der Waals surface area contributed by atoms with Crippen LogP contribution >= 0.6 is 0 Å². The molecule has 0 fully saturated rings. The molecule has 0 radical (unpaired) electrons. The zero-order chi connectivity index (χ0) is 30.9. The van der Waals surface area contributed by atoms with E-state index in [1.807, 2.05) is 44.2 Å². The largest absolute Gasteiger partial charge is 0.399 e. The maximum atomic E-state index is 13.5. The van der Waals surface area contributed by atoms with Gasteiger partial charge in [0.2, 0.25) is 5.91 Å².